The molecule has 0 aliphatic carbocycles. The highest BCUT2D eigenvalue weighted by atomic mass is 35.5. The topological polar surface area (TPSA) is 41.1 Å². The van der Waals surface area contributed by atoms with Crippen molar-refractivity contribution in [1.82, 2.24) is 10.6 Å². The minimum Gasteiger partial charge on any atom is -0.348 e. The van der Waals surface area contributed by atoms with Crippen LogP contribution in [0.1, 0.15) is 23.2 Å². The first-order chi connectivity index (χ1) is 8.18. The Morgan fingerprint density at radius 2 is 2.28 bits per heavy atom. The van der Waals surface area contributed by atoms with E-state index in [2.05, 4.69) is 10.6 Å². The maximum absolute atomic E-state index is 13.2. The van der Waals surface area contributed by atoms with Gasteiger partial charge in [-0.05, 0) is 31.5 Å². The zero-order valence-electron chi connectivity index (χ0n) is 9.71. The van der Waals surface area contributed by atoms with E-state index in [1.165, 1.54) is 18.2 Å². The van der Waals surface area contributed by atoms with E-state index in [9.17, 15) is 9.18 Å². The van der Waals surface area contributed by atoms with Crippen LogP contribution in [-0.2, 0) is 0 Å². The van der Waals surface area contributed by atoms with Crippen LogP contribution in [0.2, 0.25) is 5.02 Å². The maximum atomic E-state index is 13.2. The van der Waals surface area contributed by atoms with Crippen molar-refractivity contribution in [2.45, 2.75) is 18.9 Å². The zero-order chi connectivity index (χ0) is 12.3. The van der Waals surface area contributed by atoms with Crippen molar-refractivity contribution in [3.05, 3.63) is 34.6 Å². The van der Waals surface area contributed by atoms with Gasteiger partial charge in [0, 0.05) is 12.6 Å². The molecule has 1 amide bonds. The lowest BCUT2D eigenvalue weighted by Gasteiger charge is -2.23. The number of carbonyl (C=O) groups is 1. The number of halogens is 3. The van der Waals surface area contributed by atoms with E-state index in [-0.39, 0.29) is 34.9 Å². The molecule has 18 heavy (non-hydrogen) atoms. The molecule has 2 rings (SSSR count). The van der Waals surface area contributed by atoms with E-state index in [4.69, 9.17) is 11.6 Å². The molecule has 0 aromatic heterocycles. The second-order valence-corrected chi connectivity index (χ2v) is 4.50. The summed E-state index contributed by atoms with van der Waals surface area (Å²) >= 11 is 5.75. The Balaban J connectivity index is 0.00000162. The number of rotatable bonds is 2. The molecule has 0 radical (unpaired) electrons. The van der Waals surface area contributed by atoms with Crippen LogP contribution in [-0.4, -0.2) is 25.0 Å². The SMILES string of the molecule is Cl.O=C(N[C@H]1CCCNC1)c1cccc(F)c1Cl. The molecule has 3 nitrogen and oxygen atoms in total. The smallest absolute Gasteiger partial charge is 0.253 e. The summed E-state index contributed by atoms with van der Waals surface area (Å²) in [5.74, 6) is -0.885. The van der Waals surface area contributed by atoms with Gasteiger partial charge in [-0.25, -0.2) is 4.39 Å². The van der Waals surface area contributed by atoms with Crippen LogP contribution in [0.25, 0.3) is 0 Å². The number of carbonyl (C=O) groups excluding carboxylic acids is 1. The third-order valence-electron chi connectivity index (χ3n) is 2.83. The van der Waals surface area contributed by atoms with Crippen LogP contribution in [0.4, 0.5) is 4.39 Å². The van der Waals surface area contributed by atoms with Crippen molar-refractivity contribution in [1.29, 1.82) is 0 Å². The zero-order valence-corrected chi connectivity index (χ0v) is 11.3. The van der Waals surface area contributed by atoms with Crippen molar-refractivity contribution in [2.24, 2.45) is 0 Å². The van der Waals surface area contributed by atoms with Gasteiger partial charge in [-0.1, -0.05) is 17.7 Å². The second kappa shape index (κ2) is 6.92. The Morgan fingerprint density at radius 1 is 1.50 bits per heavy atom. The largest absolute Gasteiger partial charge is 0.348 e. The van der Waals surface area contributed by atoms with Crippen LogP contribution in [0.15, 0.2) is 18.2 Å². The molecular formula is C12H15Cl2FN2O. The molecule has 1 atom stereocenters. The highest BCUT2D eigenvalue weighted by molar-refractivity contribution is 6.34. The Hall–Kier alpha value is -0.840. The third-order valence-corrected chi connectivity index (χ3v) is 3.21. The first-order valence-electron chi connectivity index (χ1n) is 5.64. The molecule has 0 unspecified atom stereocenters. The Kier molecular flexibility index (Phi) is 5.85. The van der Waals surface area contributed by atoms with Crippen molar-refractivity contribution in [2.75, 3.05) is 13.1 Å². The van der Waals surface area contributed by atoms with Gasteiger partial charge in [-0.3, -0.25) is 4.79 Å². The average molecular weight is 293 g/mol. The molecule has 1 aromatic rings. The van der Waals surface area contributed by atoms with Crippen LogP contribution in [0.5, 0.6) is 0 Å². The average Bonchev–Trinajstić information content (AvgIpc) is 2.34. The van der Waals surface area contributed by atoms with Gasteiger partial charge in [0.05, 0.1) is 10.6 Å². The summed E-state index contributed by atoms with van der Waals surface area (Å²) in [6, 6.07) is 4.34. The Bertz CT molecular complexity index is 423. The summed E-state index contributed by atoms with van der Waals surface area (Å²) in [5, 5.41) is 5.93. The third kappa shape index (κ3) is 3.57. The molecule has 1 saturated heterocycles. The second-order valence-electron chi connectivity index (χ2n) is 4.12. The maximum Gasteiger partial charge on any atom is 0.253 e. The summed E-state index contributed by atoms with van der Waals surface area (Å²) in [4.78, 5) is 11.9. The quantitative estimate of drug-likeness (QED) is 0.879. The molecule has 100 valence electrons. The van der Waals surface area contributed by atoms with Gasteiger partial charge >= 0.3 is 0 Å². The van der Waals surface area contributed by atoms with E-state index in [0.29, 0.717) is 0 Å². The van der Waals surface area contributed by atoms with E-state index in [1.54, 1.807) is 0 Å². The molecule has 1 aliphatic rings. The molecule has 1 aromatic carbocycles. The number of hydrogen-bond donors (Lipinski definition) is 2. The predicted octanol–water partition coefficient (Wildman–Crippen LogP) is 2.38. The van der Waals surface area contributed by atoms with Gasteiger partial charge in [-0.2, -0.15) is 0 Å². The Morgan fingerprint density at radius 3 is 2.94 bits per heavy atom. The molecular weight excluding hydrogens is 278 g/mol. The lowest BCUT2D eigenvalue weighted by Crippen LogP contribution is -2.45. The first-order valence-corrected chi connectivity index (χ1v) is 6.02. The van der Waals surface area contributed by atoms with E-state index >= 15 is 0 Å². The predicted molar refractivity (Wildman–Crippen MR) is 72.0 cm³/mol. The molecule has 1 fully saturated rings. The van der Waals surface area contributed by atoms with Gasteiger partial charge in [0.25, 0.3) is 5.91 Å². The monoisotopic (exact) mass is 292 g/mol. The highest BCUT2D eigenvalue weighted by Gasteiger charge is 2.18. The van der Waals surface area contributed by atoms with Crippen molar-refractivity contribution in [3.8, 4) is 0 Å². The summed E-state index contributed by atoms with van der Waals surface area (Å²) in [6.45, 7) is 1.73. The number of hydrogen-bond acceptors (Lipinski definition) is 2. The van der Waals surface area contributed by atoms with Crippen molar-refractivity contribution < 1.29 is 9.18 Å². The van der Waals surface area contributed by atoms with E-state index < -0.39 is 5.82 Å². The van der Waals surface area contributed by atoms with Crippen LogP contribution < -0.4 is 10.6 Å². The Labute approximate surface area is 116 Å². The molecule has 1 heterocycles. The fraction of sp³-hybridized carbons (Fsp3) is 0.417. The molecule has 0 spiro atoms. The summed E-state index contributed by atoms with van der Waals surface area (Å²) in [7, 11) is 0. The van der Waals surface area contributed by atoms with E-state index in [1.807, 2.05) is 0 Å². The van der Waals surface area contributed by atoms with Gasteiger partial charge in [0.1, 0.15) is 5.82 Å². The lowest BCUT2D eigenvalue weighted by molar-refractivity contribution is 0.0930. The highest BCUT2D eigenvalue weighted by Crippen LogP contribution is 2.19. The normalized spacial score (nSPS) is 18.9. The minimum atomic E-state index is -0.568. The molecule has 2 N–H and O–H groups in total. The minimum absolute atomic E-state index is 0. The van der Waals surface area contributed by atoms with Crippen LogP contribution in [0, 0.1) is 5.82 Å². The lowest BCUT2D eigenvalue weighted by atomic mass is 10.1. The molecule has 6 heteroatoms. The number of piperidine rings is 1. The van der Waals surface area contributed by atoms with Gasteiger partial charge < -0.3 is 10.6 Å². The summed E-state index contributed by atoms with van der Waals surface area (Å²) in [6.07, 6.45) is 1.97. The van der Waals surface area contributed by atoms with Crippen molar-refractivity contribution >= 4 is 29.9 Å². The standard InChI is InChI=1S/C12H14ClFN2O.ClH/c13-11-9(4-1-5-10(11)14)12(17)16-8-3-2-6-15-7-8;/h1,4-5,8,15H,2-3,6-7H2,(H,16,17);1H/t8-;/m0./s1. The number of benzene rings is 1. The number of amides is 1. The van der Waals surface area contributed by atoms with Gasteiger partial charge in [0.2, 0.25) is 0 Å². The van der Waals surface area contributed by atoms with Crippen molar-refractivity contribution in [3.63, 3.8) is 0 Å². The fourth-order valence-corrected chi connectivity index (χ4v) is 2.13. The first kappa shape index (κ1) is 15.2. The molecule has 1 aliphatic heterocycles. The van der Waals surface area contributed by atoms with Crippen LogP contribution in [0.3, 0.4) is 0 Å². The van der Waals surface area contributed by atoms with Crippen LogP contribution >= 0.6 is 24.0 Å². The summed E-state index contributed by atoms with van der Waals surface area (Å²) in [5.41, 5.74) is 0.192. The fourth-order valence-electron chi connectivity index (χ4n) is 1.92. The number of nitrogens with one attached hydrogen (secondary N) is 2. The molecule has 0 saturated carbocycles. The van der Waals surface area contributed by atoms with Gasteiger partial charge in [0.15, 0.2) is 0 Å². The van der Waals surface area contributed by atoms with Gasteiger partial charge in [-0.15, -0.1) is 12.4 Å². The van der Waals surface area contributed by atoms with E-state index in [0.717, 1.165) is 25.9 Å². The summed E-state index contributed by atoms with van der Waals surface area (Å²) < 4.78 is 13.2. The molecule has 0 bridgehead atoms.